The molecule has 0 fully saturated rings. The second-order valence-electron chi connectivity index (χ2n) is 7.64. The standard InChI is InChI=1S/C25H17N5O2/c31-22(15-29-11-4-1-5-12-29)26-16-8-9-21-19(14-16)25(32)30-13-10-18-17-6-2-3-7-20(17)27-23(18)24(30)28-21/h1-14H,15H2,(H-,26,27,28,31,32). The van der Waals surface area contributed by atoms with Crippen molar-refractivity contribution in [3.63, 3.8) is 0 Å². The van der Waals surface area contributed by atoms with Gasteiger partial charge in [0.1, 0.15) is 0 Å². The predicted octanol–water partition coefficient (Wildman–Crippen LogP) is 2.86. The lowest BCUT2D eigenvalue weighted by molar-refractivity contribution is -0.687. The fourth-order valence-electron chi connectivity index (χ4n) is 4.11. The number of benzene rings is 2. The van der Waals surface area contributed by atoms with Crippen molar-refractivity contribution in [1.29, 1.82) is 0 Å². The molecule has 0 bridgehead atoms. The molecule has 0 spiro atoms. The van der Waals surface area contributed by atoms with Gasteiger partial charge in [0.05, 0.1) is 22.1 Å². The van der Waals surface area contributed by atoms with Crippen LogP contribution in [0.5, 0.6) is 0 Å². The Morgan fingerprint density at radius 1 is 1.00 bits per heavy atom. The van der Waals surface area contributed by atoms with Crippen molar-refractivity contribution in [3.8, 4) is 0 Å². The lowest BCUT2D eigenvalue weighted by Gasteiger charge is -2.08. The van der Waals surface area contributed by atoms with E-state index in [0.29, 0.717) is 22.2 Å². The highest BCUT2D eigenvalue weighted by atomic mass is 16.3. The van der Waals surface area contributed by atoms with Gasteiger partial charge < -0.3 is 10.1 Å². The lowest BCUT2D eigenvalue weighted by Crippen LogP contribution is -2.41. The summed E-state index contributed by atoms with van der Waals surface area (Å²) in [4.78, 5) is 25.6. The van der Waals surface area contributed by atoms with Gasteiger partial charge in [-0.25, -0.2) is 9.55 Å². The quantitative estimate of drug-likeness (QED) is 0.207. The minimum atomic E-state index is -0.297. The summed E-state index contributed by atoms with van der Waals surface area (Å²) in [6.07, 6.45) is 5.36. The average molecular weight is 419 g/mol. The van der Waals surface area contributed by atoms with Gasteiger partial charge in [-0.3, -0.25) is 14.2 Å². The first-order valence-electron chi connectivity index (χ1n) is 10.2. The number of fused-ring (bicyclic) bond motifs is 6. The highest BCUT2D eigenvalue weighted by Crippen LogP contribution is 2.28. The molecule has 0 aliphatic rings. The van der Waals surface area contributed by atoms with Gasteiger partial charge in [-0.15, -0.1) is 0 Å². The summed E-state index contributed by atoms with van der Waals surface area (Å²) < 4.78 is 3.29. The number of nitrogens with zero attached hydrogens (tertiary/aromatic N) is 4. The number of para-hydroxylation sites is 1. The molecular formula is C25H17N5O2. The second kappa shape index (κ2) is 7.02. The van der Waals surface area contributed by atoms with Crippen molar-refractivity contribution in [2.45, 2.75) is 6.54 Å². The Morgan fingerprint density at radius 3 is 2.72 bits per heavy atom. The van der Waals surface area contributed by atoms with Gasteiger partial charge in [0.2, 0.25) is 0 Å². The molecule has 32 heavy (non-hydrogen) atoms. The van der Waals surface area contributed by atoms with Crippen LogP contribution in [0.1, 0.15) is 0 Å². The van der Waals surface area contributed by atoms with Crippen LogP contribution in [0.2, 0.25) is 0 Å². The number of pyridine rings is 2. The predicted molar refractivity (Wildman–Crippen MR) is 122 cm³/mol. The van der Waals surface area contributed by atoms with E-state index in [1.807, 2.05) is 48.5 Å². The fourth-order valence-corrected chi connectivity index (χ4v) is 4.11. The summed E-state index contributed by atoms with van der Waals surface area (Å²) >= 11 is 0. The van der Waals surface area contributed by atoms with Gasteiger partial charge in [-0.1, -0.05) is 24.3 Å². The average Bonchev–Trinajstić information content (AvgIpc) is 3.19. The molecule has 0 amide bonds. The molecule has 2 aromatic carbocycles. The summed E-state index contributed by atoms with van der Waals surface area (Å²) in [7, 11) is 0. The zero-order valence-electron chi connectivity index (χ0n) is 16.9. The monoisotopic (exact) mass is 419 g/mol. The Hall–Kier alpha value is -4.52. The molecule has 0 saturated heterocycles. The zero-order valence-corrected chi connectivity index (χ0v) is 16.9. The Labute approximate surface area is 181 Å². The number of rotatable bonds is 3. The van der Waals surface area contributed by atoms with E-state index in [1.165, 1.54) is 4.40 Å². The van der Waals surface area contributed by atoms with E-state index in [9.17, 15) is 9.90 Å². The van der Waals surface area contributed by atoms with Gasteiger partial charge in [0, 0.05) is 40.5 Å². The van der Waals surface area contributed by atoms with Gasteiger partial charge in [-0.05, 0) is 30.3 Å². The van der Waals surface area contributed by atoms with Crippen LogP contribution in [0.4, 0.5) is 5.69 Å². The van der Waals surface area contributed by atoms with E-state index in [-0.39, 0.29) is 18.0 Å². The molecule has 0 aliphatic heterocycles. The second-order valence-corrected chi connectivity index (χ2v) is 7.64. The number of nitrogens with one attached hydrogen (secondary N) is 1. The van der Waals surface area contributed by atoms with Crippen LogP contribution in [0.15, 0.2) is 95.1 Å². The number of H-pyrrole nitrogens is 1. The number of aromatic amines is 1. The van der Waals surface area contributed by atoms with Crippen molar-refractivity contribution < 1.29 is 9.67 Å². The smallest absolute Gasteiger partial charge is 0.265 e. The molecule has 0 atom stereocenters. The molecule has 6 rings (SSSR count). The molecule has 4 aromatic heterocycles. The normalized spacial score (nSPS) is 12.3. The van der Waals surface area contributed by atoms with Crippen LogP contribution in [-0.2, 0) is 6.54 Å². The zero-order chi connectivity index (χ0) is 21.7. The molecule has 0 saturated carbocycles. The molecule has 4 heterocycles. The van der Waals surface area contributed by atoms with Crippen LogP contribution in [0.25, 0.3) is 38.4 Å². The van der Waals surface area contributed by atoms with Gasteiger partial charge in [0.15, 0.2) is 24.6 Å². The Bertz CT molecular complexity index is 1730. The summed E-state index contributed by atoms with van der Waals surface area (Å²) in [6.45, 7) is 0.131. The highest BCUT2D eigenvalue weighted by molar-refractivity contribution is 6.11. The van der Waals surface area contributed by atoms with Crippen molar-refractivity contribution in [1.82, 2.24) is 14.4 Å². The molecule has 0 unspecified atom stereocenters. The van der Waals surface area contributed by atoms with Crippen LogP contribution in [0.3, 0.4) is 0 Å². The van der Waals surface area contributed by atoms with Crippen molar-refractivity contribution in [2.24, 2.45) is 4.99 Å². The van der Waals surface area contributed by atoms with Gasteiger partial charge in [-0.2, -0.15) is 0 Å². The summed E-state index contributed by atoms with van der Waals surface area (Å²) in [6, 6.07) is 20.6. The topological polar surface area (TPSA) is 89.5 Å². The largest absolute Gasteiger partial charge is 0.857 e. The van der Waals surface area contributed by atoms with E-state index in [4.69, 9.17) is 4.98 Å². The van der Waals surface area contributed by atoms with Crippen LogP contribution in [0, 0.1) is 0 Å². The first-order chi connectivity index (χ1) is 15.7. The van der Waals surface area contributed by atoms with E-state index in [0.717, 1.165) is 21.8 Å². The Morgan fingerprint density at radius 2 is 1.84 bits per heavy atom. The van der Waals surface area contributed by atoms with E-state index in [2.05, 4.69) is 9.98 Å². The minimum absolute atomic E-state index is 0.131. The number of hydrogen-bond donors (Lipinski definition) is 1. The Balaban J connectivity index is 1.50. The summed E-state index contributed by atoms with van der Waals surface area (Å²) in [5, 5.41) is 14.9. The molecule has 6 aromatic rings. The summed E-state index contributed by atoms with van der Waals surface area (Å²) in [5.41, 5.74) is 3.17. The highest BCUT2D eigenvalue weighted by Gasteiger charge is 2.12. The molecule has 1 N–H and O–H groups in total. The third-order valence-corrected chi connectivity index (χ3v) is 5.59. The lowest BCUT2D eigenvalue weighted by atomic mass is 10.2. The number of aromatic nitrogens is 4. The molecule has 0 aliphatic carbocycles. The van der Waals surface area contributed by atoms with E-state index >= 15 is 0 Å². The van der Waals surface area contributed by atoms with Crippen molar-refractivity contribution in [2.75, 3.05) is 0 Å². The minimum Gasteiger partial charge on any atom is -0.857 e. The molecule has 7 heteroatoms. The third-order valence-electron chi connectivity index (χ3n) is 5.59. The molecule has 7 nitrogen and oxygen atoms in total. The maximum Gasteiger partial charge on any atom is 0.265 e. The van der Waals surface area contributed by atoms with Crippen LogP contribution in [-0.4, -0.2) is 20.3 Å². The van der Waals surface area contributed by atoms with E-state index in [1.54, 1.807) is 41.4 Å². The first kappa shape index (κ1) is 18.3. The van der Waals surface area contributed by atoms with Crippen LogP contribution >= 0.6 is 0 Å². The summed E-state index contributed by atoms with van der Waals surface area (Å²) in [5.74, 6) is -0.297. The number of aliphatic imine (C=N–C) groups is 1. The van der Waals surface area contributed by atoms with Crippen LogP contribution < -0.4 is 15.2 Å². The number of hydrogen-bond acceptors (Lipinski definition) is 4. The molecular weight excluding hydrogens is 402 g/mol. The maximum atomic E-state index is 13.3. The van der Waals surface area contributed by atoms with Gasteiger partial charge >= 0.3 is 0 Å². The first-order valence-corrected chi connectivity index (χ1v) is 10.2. The maximum absolute atomic E-state index is 13.3. The molecule has 154 valence electrons. The van der Waals surface area contributed by atoms with E-state index < -0.39 is 0 Å². The SMILES string of the molecule is O=c1c2cc(N=C([O-])C[n+]3ccccc3)ccc2nc2c3[nH]c4ccccc4c3ccn12. The Kier molecular flexibility index (Phi) is 4.01. The van der Waals surface area contributed by atoms with Gasteiger partial charge in [0.25, 0.3) is 5.56 Å². The van der Waals surface area contributed by atoms with Crippen molar-refractivity contribution >= 4 is 49.9 Å². The van der Waals surface area contributed by atoms with Crippen molar-refractivity contribution in [3.05, 3.63) is 95.7 Å². The molecule has 0 radical (unpaired) electrons. The third kappa shape index (κ3) is 2.91. The fraction of sp³-hybridized carbons (Fsp3) is 0.0400.